The highest BCUT2D eigenvalue weighted by molar-refractivity contribution is 6.01. The molecule has 3 rings (SSSR count). The third kappa shape index (κ3) is 0.752. The average Bonchev–Trinajstić information content (AvgIpc) is 2.51. The van der Waals surface area contributed by atoms with Crippen LogP contribution in [0.1, 0.15) is 11.1 Å². The molecule has 2 aromatic carbocycles. The third-order valence-electron chi connectivity index (χ3n) is 2.51. The standard InChI is InChI=1S/C12H7O2/c13-9-5-4-7-2-1-3-8-6-10(14)12(9)11(7)8/h1-5,13-14H. The van der Waals surface area contributed by atoms with Gasteiger partial charge in [-0.15, -0.1) is 0 Å². The molecule has 2 aromatic rings. The quantitative estimate of drug-likeness (QED) is 0.659. The number of benzene rings is 2. The lowest BCUT2D eigenvalue weighted by molar-refractivity contribution is 0.462. The van der Waals surface area contributed by atoms with Gasteiger partial charge in [0, 0.05) is 11.5 Å². The second-order valence-electron chi connectivity index (χ2n) is 3.34. The van der Waals surface area contributed by atoms with Gasteiger partial charge in [-0.1, -0.05) is 24.3 Å². The number of phenolic OH excluding ortho intramolecular Hbond substituents is 1. The van der Waals surface area contributed by atoms with E-state index >= 15 is 0 Å². The molecule has 2 heteroatoms. The SMILES string of the molecule is OC1=[C]c2cccc3ccc(O)c1c23. The molecule has 0 saturated heterocycles. The maximum Gasteiger partial charge on any atom is 0.135 e. The molecule has 0 amide bonds. The predicted octanol–water partition coefficient (Wildman–Crippen LogP) is 2.61. The fourth-order valence-electron chi connectivity index (χ4n) is 1.90. The summed E-state index contributed by atoms with van der Waals surface area (Å²) in [5.74, 6) is 0.127. The molecule has 0 aliphatic heterocycles. The molecule has 1 aliphatic carbocycles. The van der Waals surface area contributed by atoms with Crippen molar-refractivity contribution in [3.8, 4) is 5.75 Å². The van der Waals surface area contributed by atoms with E-state index in [1.165, 1.54) is 0 Å². The summed E-state index contributed by atoms with van der Waals surface area (Å²) in [5.41, 5.74) is 1.34. The van der Waals surface area contributed by atoms with Crippen LogP contribution in [0.2, 0.25) is 0 Å². The van der Waals surface area contributed by atoms with Crippen LogP contribution in [0.4, 0.5) is 0 Å². The minimum atomic E-state index is 0.0225. The first-order chi connectivity index (χ1) is 6.77. The Kier molecular flexibility index (Phi) is 1.22. The highest BCUT2D eigenvalue weighted by Crippen LogP contribution is 2.38. The second kappa shape index (κ2) is 2.29. The van der Waals surface area contributed by atoms with Gasteiger partial charge in [-0.05, 0) is 17.0 Å². The van der Waals surface area contributed by atoms with Gasteiger partial charge in [0.15, 0.2) is 0 Å². The largest absolute Gasteiger partial charge is 0.507 e. The highest BCUT2D eigenvalue weighted by atomic mass is 16.3. The van der Waals surface area contributed by atoms with Crippen molar-refractivity contribution >= 4 is 16.5 Å². The molecule has 0 atom stereocenters. The van der Waals surface area contributed by atoms with E-state index < -0.39 is 0 Å². The molecular weight excluding hydrogens is 176 g/mol. The van der Waals surface area contributed by atoms with Gasteiger partial charge in [0.25, 0.3) is 0 Å². The van der Waals surface area contributed by atoms with E-state index in [1.807, 2.05) is 24.3 Å². The van der Waals surface area contributed by atoms with Crippen LogP contribution in [0.5, 0.6) is 5.75 Å². The average molecular weight is 183 g/mol. The monoisotopic (exact) mass is 183 g/mol. The zero-order chi connectivity index (χ0) is 9.71. The van der Waals surface area contributed by atoms with Crippen molar-refractivity contribution in [2.45, 2.75) is 0 Å². The van der Waals surface area contributed by atoms with Gasteiger partial charge >= 0.3 is 0 Å². The molecule has 0 heterocycles. The molecule has 14 heavy (non-hydrogen) atoms. The molecule has 0 fully saturated rings. The maximum absolute atomic E-state index is 9.59. The number of phenols is 1. The van der Waals surface area contributed by atoms with Gasteiger partial charge in [0.2, 0.25) is 0 Å². The molecular formula is C12H7O2. The Morgan fingerprint density at radius 1 is 1.00 bits per heavy atom. The zero-order valence-corrected chi connectivity index (χ0v) is 7.28. The van der Waals surface area contributed by atoms with Gasteiger partial charge in [-0.3, -0.25) is 0 Å². The molecule has 1 aliphatic rings. The molecule has 0 aromatic heterocycles. The van der Waals surface area contributed by atoms with Gasteiger partial charge in [0.1, 0.15) is 11.5 Å². The summed E-state index contributed by atoms with van der Waals surface area (Å²) in [7, 11) is 0. The van der Waals surface area contributed by atoms with Crippen molar-refractivity contribution in [3.05, 3.63) is 47.5 Å². The van der Waals surface area contributed by atoms with Crippen LogP contribution in [-0.2, 0) is 0 Å². The molecule has 0 bridgehead atoms. The van der Waals surface area contributed by atoms with Crippen LogP contribution in [0.15, 0.2) is 30.3 Å². The minimum Gasteiger partial charge on any atom is -0.507 e. The van der Waals surface area contributed by atoms with E-state index in [1.54, 1.807) is 6.07 Å². The Bertz CT molecular complexity index is 568. The summed E-state index contributed by atoms with van der Waals surface area (Å²) in [6.07, 6.45) is 2.82. The van der Waals surface area contributed by atoms with Crippen LogP contribution in [0.3, 0.4) is 0 Å². The van der Waals surface area contributed by atoms with Crippen molar-refractivity contribution in [2.75, 3.05) is 0 Å². The molecule has 2 nitrogen and oxygen atoms in total. The van der Waals surface area contributed by atoms with Crippen LogP contribution in [0.25, 0.3) is 16.5 Å². The molecule has 1 radical (unpaired) electrons. The van der Waals surface area contributed by atoms with Crippen LogP contribution in [-0.4, -0.2) is 10.2 Å². The highest BCUT2D eigenvalue weighted by Gasteiger charge is 2.19. The van der Waals surface area contributed by atoms with Crippen LogP contribution >= 0.6 is 0 Å². The minimum absolute atomic E-state index is 0.0225. The Hall–Kier alpha value is -1.96. The predicted molar refractivity (Wildman–Crippen MR) is 54.0 cm³/mol. The van der Waals surface area contributed by atoms with Crippen molar-refractivity contribution in [1.29, 1.82) is 0 Å². The summed E-state index contributed by atoms with van der Waals surface area (Å²) in [6.45, 7) is 0. The number of rotatable bonds is 0. The normalized spacial score (nSPS) is 13.3. The van der Waals surface area contributed by atoms with E-state index in [9.17, 15) is 10.2 Å². The zero-order valence-electron chi connectivity index (χ0n) is 7.28. The number of aromatic hydroxyl groups is 1. The van der Waals surface area contributed by atoms with Crippen LogP contribution in [0, 0.1) is 6.08 Å². The lowest BCUT2D eigenvalue weighted by atomic mass is 10.0. The number of hydrogen-bond donors (Lipinski definition) is 2. The van der Waals surface area contributed by atoms with E-state index in [2.05, 4.69) is 6.08 Å². The summed E-state index contributed by atoms with van der Waals surface area (Å²) in [6, 6.07) is 9.14. The summed E-state index contributed by atoms with van der Waals surface area (Å²) < 4.78 is 0. The van der Waals surface area contributed by atoms with E-state index in [0.717, 1.165) is 16.3 Å². The smallest absolute Gasteiger partial charge is 0.135 e. The molecule has 67 valence electrons. The topological polar surface area (TPSA) is 40.5 Å². The summed E-state index contributed by atoms with van der Waals surface area (Å²) in [5, 5.41) is 21.1. The van der Waals surface area contributed by atoms with E-state index in [-0.39, 0.29) is 11.5 Å². The van der Waals surface area contributed by atoms with E-state index in [4.69, 9.17) is 0 Å². The first-order valence-electron chi connectivity index (χ1n) is 4.35. The van der Waals surface area contributed by atoms with Crippen LogP contribution < -0.4 is 0 Å². The van der Waals surface area contributed by atoms with Crippen molar-refractivity contribution < 1.29 is 10.2 Å². The maximum atomic E-state index is 9.59. The molecule has 0 unspecified atom stereocenters. The Morgan fingerprint density at radius 3 is 2.71 bits per heavy atom. The molecule has 2 N–H and O–H groups in total. The van der Waals surface area contributed by atoms with Gasteiger partial charge < -0.3 is 10.2 Å². The van der Waals surface area contributed by atoms with Gasteiger partial charge in [0.05, 0.1) is 5.56 Å². The Morgan fingerprint density at radius 2 is 1.86 bits per heavy atom. The first-order valence-corrected chi connectivity index (χ1v) is 4.35. The number of hydrogen-bond acceptors (Lipinski definition) is 2. The van der Waals surface area contributed by atoms with Crippen molar-refractivity contribution in [3.63, 3.8) is 0 Å². The summed E-state index contributed by atoms with van der Waals surface area (Å²) in [4.78, 5) is 0. The lowest BCUT2D eigenvalue weighted by Gasteiger charge is -2.03. The van der Waals surface area contributed by atoms with E-state index in [0.29, 0.717) is 5.56 Å². The second-order valence-corrected chi connectivity index (χ2v) is 3.34. The lowest BCUT2D eigenvalue weighted by Crippen LogP contribution is -1.82. The first kappa shape index (κ1) is 7.44. The molecule has 0 saturated carbocycles. The Labute approximate surface area is 80.7 Å². The summed E-state index contributed by atoms with van der Waals surface area (Å²) >= 11 is 0. The Balaban J connectivity index is 2.60. The van der Waals surface area contributed by atoms with Crippen molar-refractivity contribution in [2.24, 2.45) is 0 Å². The molecule has 0 spiro atoms. The third-order valence-corrected chi connectivity index (χ3v) is 2.51. The van der Waals surface area contributed by atoms with Crippen molar-refractivity contribution in [1.82, 2.24) is 0 Å². The van der Waals surface area contributed by atoms with Gasteiger partial charge in [-0.2, -0.15) is 0 Å². The van der Waals surface area contributed by atoms with Gasteiger partial charge in [-0.25, -0.2) is 0 Å². The fourth-order valence-corrected chi connectivity index (χ4v) is 1.90. The number of aliphatic hydroxyl groups excluding tert-OH is 1. The number of aliphatic hydroxyl groups is 1. The fraction of sp³-hybridized carbons (Fsp3) is 0.